The lowest BCUT2D eigenvalue weighted by Gasteiger charge is -2.17. The van der Waals surface area contributed by atoms with Gasteiger partial charge in [-0.1, -0.05) is 19.9 Å². The minimum absolute atomic E-state index is 0.0531. The van der Waals surface area contributed by atoms with Crippen LogP contribution in [0.25, 0.3) is 0 Å². The predicted octanol–water partition coefficient (Wildman–Crippen LogP) is 2.74. The van der Waals surface area contributed by atoms with Gasteiger partial charge in [0.25, 0.3) is 0 Å². The fourth-order valence-corrected chi connectivity index (χ4v) is 1.71. The Bertz CT molecular complexity index is 185. The molecular formula is C11H20O2. The SMILES string of the molecule is C=C[C@H]1OC(C)(C)O[C@H]1CC(C)C. The van der Waals surface area contributed by atoms with E-state index in [2.05, 4.69) is 20.4 Å². The smallest absolute Gasteiger partial charge is 0.164 e. The zero-order chi connectivity index (χ0) is 10.1. The third-order valence-corrected chi connectivity index (χ3v) is 2.16. The van der Waals surface area contributed by atoms with Crippen LogP contribution in [-0.2, 0) is 9.47 Å². The average Bonchev–Trinajstić information content (AvgIpc) is 2.24. The molecule has 0 radical (unpaired) electrons. The average molecular weight is 184 g/mol. The molecule has 0 unspecified atom stereocenters. The van der Waals surface area contributed by atoms with Crippen LogP contribution >= 0.6 is 0 Å². The van der Waals surface area contributed by atoms with E-state index in [9.17, 15) is 0 Å². The Hall–Kier alpha value is -0.340. The maximum Gasteiger partial charge on any atom is 0.164 e. The molecule has 1 aliphatic heterocycles. The Balaban J connectivity index is 2.58. The maximum atomic E-state index is 5.77. The summed E-state index contributed by atoms with van der Waals surface area (Å²) in [5.41, 5.74) is 0. The van der Waals surface area contributed by atoms with E-state index in [0.29, 0.717) is 5.92 Å². The van der Waals surface area contributed by atoms with E-state index in [0.717, 1.165) is 6.42 Å². The van der Waals surface area contributed by atoms with Crippen molar-refractivity contribution >= 4 is 0 Å². The van der Waals surface area contributed by atoms with Gasteiger partial charge in [0.05, 0.1) is 6.10 Å². The van der Waals surface area contributed by atoms with Gasteiger partial charge in [-0.05, 0) is 26.2 Å². The number of hydrogen-bond acceptors (Lipinski definition) is 2. The minimum atomic E-state index is -0.446. The second kappa shape index (κ2) is 3.81. The number of rotatable bonds is 3. The summed E-state index contributed by atoms with van der Waals surface area (Å²) in [5, 5.41) is 0. The zero-order valence-corrected chi connectivity index (χ0v) is 9.04. The van der Waals surface area contributed by atoms with Crippen LogP contribution in [0, 0.1) is 5.92 Å². The van der Waals surface area contributed by atoms with E-state index in [-0.39, 0.29) is 12.2 Å². The topological polar surface area (TPSA) is 18.5 Å². The number of hydrogen-bond donors (Lipinski definition) is 0. The molecule has 0 bridgehead atoms. The first-order chi connectivity index (χ1) is 5.94. The Morgan fingerprint density at radius 1 is 1.38 bits per heavy atom. The van der Waals surface area contributed by atoms with Crippen molar-refractivity contribution in [2.24, 2.45) is 5.92 Å². The van der Waals surface area contributed by atoms with E-state index >= 15 is 0 Å². The molecule has 0 spiro atoms. The predicted molar refractivity (Wildman–Crippen MR) is 53.5 cm³/mol. The van der Waals surface area contributed by atoms with Crippen molar-refractivity contribution in [2.45, 2.75) is 52.1 Å². The highest BCUT2D eigenvalue weighted by Gasteiger charge is 2.39. The summed E-state index contributed by atoms with van der Waals surface area (Å²) in [6.07, 6.45) is 3.09. The molecule has 13 heavy (non-hydrogen) atoms. The lowest BCUT2D eigenvalue weighted by molar-refractivity contribution is -0.144. The van der Waals surface area contributed by atoms with E-state index in [1.807, 2.05) is 19.9 Å². The van der Waals surface area contributed by atoms with E-state index < -0.39 is 5.79 Å². The largest absolute Gasteiger partial charge is 0.344 e. The van der Waals surface area contributed by atoms with Gasteiger partial charge in [-0.3, -0.25) is 0 Å². The van der Waals surface area contributed by atoms with Gasteiger partial charge in [-0.2, -0.15) is 0 Å². The van der Waals surface area contributed by atoms with Crippen molar-refractivity contribution in [3.63, 3.8) is 0 Å². The molecule has 2 atom stereocenters. The second-order valence-corrected chi connectivity index (χ2v) is 4.50. The normalized spacial score (nSPS) is 32.4. The lowest BCUT2D eigenvalue weighted by Crippen LogP contribution is -2.22. The minimum Gasteiger partial charge on any atom is -0.344 e. The van der Waals surface area contributed by atoms with Gasteiger partial charge in [0.15, 0.2) is 5.79 Å². The molecule has 0 aliphatic carbocycles. The van der Waals surface area contributed by atoms with Crippen LogP contribution in [0.3, 0.4) is 0 Å². The third-order valence-electron chi connectivity index (χ3n) is 2.16. The van der Waals surface area contributed by atoms with Gasteiger partial charge in [-0.25, -0.2) is 0 Å². The molecule has 1 aliphatic rings. The Morgan fingerprint density at radius 3 is 2.46 bits per heavy atom. The molecule has 1 saturated heterocycles. The summed E-state index contributed by atoms with van der Waals surface area (Å²) < 4.78 is 11.4. The van der Waals surface area contributed by atoms with Crippen LogP contribution in [0.4, 0.5) is 0 Å². The van der Waals surface area contributed by atoms with Crippen molar-refractivity contribution in [3.8, 4) is 0 Å². The highest BCUT2D eigenvalue weighted by atomic mass is 16.7. The van der Waals surface area contributed by atoms with Crippen LogP contribution < -0.4 is 0 Å². The highest BCUT2D eigenvalue weighted by molar-refractivity contribution is 4.93. The highest BCUT2D eigenvalue weighted by Crippen LogP contribution is 2.31. The second-order valence-electron chi connectivity index (χ2n) is 4.50. The molecule has 0 saturated carbocycles. The quantitative estimate of drug-likeness (QED) is 0.628. The summed E-state index contributed by atoms with van der Waals surface area (Å²) in [4.78, 5) is 0. The van der Waals surface area contributed by atoms with Crippen molar-refractivity contribution in [1.29, 1.82) is 0 Å². The summed E-state index contributed by atoms with van der Waals surface area (Å²) >= 11 is 0. The lowest BCUT2D eigenvalue weighted by atomic mass is 10.0. The van der Waals surface area contributed by atoms with Gasteiger partial charge in [-0.15, -0.1) is 6.58 Å². The van der Waals surface area contributed by atoms with Gasteiger partial charge >= 0.3 is 0 Å². The van der Waals surface area contributed by atoms with Gasteiger partial charge < -0.3 is 9.47 Å². The van der Waals surface area contributed by atoms with Crippen molar-refractivity contribution in [1.82, 2.24) is 0 Å². The molecule has 0 aromatic carbocycles. The summed E-state index contributed by atoms with van der Waals surface area (Å²) in [5.74, 6) is 0.184. The van der Waals surface area contributed by atoms with Gasteiger partial charge in [0, 0.05) is 0 Å². The Labute approximate surface area is 80.9 Å². The first-order valence-corrected chi connectivity index (χ1v) is 4.93. The standard InChI is InChI=1S/C11H20O2/c1-6-9-10(7-8(2)3)13-11(4,5)12-9/h6,8-10H,1,7H2,2-5H3/t9-,10+/m1/s1. The molecule has 1 fully saturated rings. The zero-order valence-electron chi connectivity index (χ0n) is 9.04. The molecule has 2 nitrogen and oxygen atoms in total. The molecule has 0 amide bonds. The van der Waals surface area contributed by atoms with Crippen molar-refractivity contribution in [3.05, 3.63) is 12.7 Å². The van der Waals surface area contributed by atoms with E-state index in [1.165, 1.54) is 0 Å². The molecule has 0 aromatic rings. The first-order valence-electron chi connectivity index (χ1n) is 4.93. The van der Waals surface area contributed by atoms with Gasteiger partial charge in [0.2, 0.25) is 0 Å². The summed E-state index contributed by atoms with van der Waals surface area (Å²) in [7, 11) is 0. The molecular weight excluding hydrogens is 164 g/mol. The fraction of sp³-hybridized carbons (Fsp3) is 0.818. The van der Waals surface area contributed by atoms with Crippen LogP contribution in [0.1, 0.15) is 34.1 Å². The molecule has 1 rings (SSSR count). The molecule has 2 heteroatoms. The maximum absolute atomic E-state index is 5.77. The van der Waals surface area contributed by atoms with Crippen LogP contribution in [0.5, 0.6) is 0 Å². The molecule has 0 aromatic heterocycles. The Morgan fingerprint density at radius 2 is 2.00 bits per heavy atom. The van der Waals surface area contributed by atoms with Crippen LogP contribution in [-0.4, -0.2) is 18.0 Å². The van der Waals surface area contributed by atoms with Crippen molar-refractivity contribution in [2.75, 3.05) is 0 Å². The summed E-state index contributed by atoms with van der Waals surface area (Å²) in [6, 6.07) is 0. The molecule has 1 heterocycles. The van der Waals surface area contributed by atoms with Crippen molar-refractivity contribution < 1.29 is 9.47 Å². The van der Waals surface area contributed by atoms with Crippen LogP contribution in [0.2, 0.25) is 0 Å². The van der Waals surface area contributed by atoms with E-state index in [1.54, 1.807) is 0 Å². The fourth-order valence-electron chi connectivity index (χ4n) is 1.71. The summed E-state index contributed by atoms with van der Waals surface area (Å²) in [6.45, 7) is 12.0. The first kappa shape index (κ1) is 10.7. The molecule has 76 valence electrons. The monoisotopic (exact) mass is 184 g/mol. The molecule has 0 N–H and O–H groups in total. The number of ether oxygens (including phenoxy) is 2. The van der Waals surface area contributed by atoms with E-state index in [4.69, 9.17) is 9.47 Å². The third kappa shape index (κ3) is 2.82. The Kier molecular flexibility index (Phi) is 3.14. The van der Waals surface area contributed by atoms with Gasteiger partial charge in [0.1, 0.15) is 6.10 Å². The van der Waals surface area contributed by atoms with Crippen LogP contribution in [0.15, 0.2) is 12.7 Å².